The third kappa shape index (κ3) is 5.21. The Morgan fingerprint density at radius 1 is 0.633 bits per heavy atom. The topological polar surface area (TPSA) is 24.7 Å². The largest absolute Gasteiger partial charge is 0.287 e. The molecule has 9 atom stereocenters. The van der Waals surface area contributed by atoms with Gasteiger partial charge in [0.25, 0.3) is 0 Å². The van der Waals surface area contributed by atoms with Crippen LogP contribution in [0.5, 0.6) is 0 Å². The SMILES string of the molecule is CC1CCCC(C)C1N=CC(CC1C(C)C(C)C(C)[C@@H]1C)=NC1C(C)CCCC1C. The highest BCUT2D eigenvalue weighted by atomic mass is 14.9. The predicted octanol–water partition coefficient (Wildman–Crippen LogP) is 7.71. The summed E-state index contributed by atoms with van der Waals surface area (Å²) in [5, 5.41) is 0. The molecule has 0 aromatic rings. The molecule has 3 aliphatic rings. The molecule has 0 bridgehead atoms. The van der Waals surface area contributed by atoms with Crippen LogP contribution in [0.4, 0.5) is 0 Å². The second-order valence-electron chi connectivity index (χ2n) is 12.0. The molecular formula is C28H50N2. The van der Waals surface area contributed by atoms with E-state index in [0.717, 1.165) is 36.0 Å². The van der Waals surface area contributed by atoms with Gasteiger partial charge >= 0.3 is 0 Å². The van der Waals surface area contributed by atoms with E-state index in [4.69, 9.17) is 9.98 Å². The Morgan fingerprint density at radius 3 is 1.53 bits per heavy atom. The highest BCUT2D eigenvalue weighted by molar-refractivity contribution is 6.30. The van der Waals surface area contributed by atoms with E-state index in [1.807, 2.05) is 0 Å². The molecule has 172 valence electrons. The van der Waals surface area contributed by atoms with Crippen LogP contribution >= 0.6 is 0 Å². The van der Waals surface area contributed by atoms with Gasteiger partial charge in [-0.05, 0) is 85.4 Å². The van der Waals surface area contributed by atoms with Crippen LogP contribution in [-0.2, 0) is 0 Å². The van der Waals surface area contributed by atoms with Crippen molar-refractivity contribution in [3.05, 3.63) is 0 Å². The third-order valence-corrected chi connectivity index (χ3v) is 9.96. The van der Waals surface area contributed by atoms with Crippen molar-refractivity contribution in [1.29, 1.82) is 0 Å². The summed E-state index contributed by atoms with van der Waals surface area (Å²) in [6.07, 6.45) is 11.5. The molecule has 0 spiro atoms. The van der Waals surface area contributed by atoms with E-state index in [9.17, 15) is 0 Å². The van der Waals surface area contributed by atoms with Crippen molar-refractivity contribution in [2.45, 2.75) is 112 Å². The lowest BCUT2D eigenvalue weighted by Gasteiger charge is -2.33. The van der Waals surface area contributed by atoms with Crippen molar-refractivity contribution in [1.82, 2.24) is 0 Å². The molecule has 0 radical (unpaired) electrons. The van der Waals surface area contributed by atoms with Gasteiger partial charge in [0.15, 0.2) is 0 Å². The van der Waals surface area contributed by atoms with Gasteiger partial charge in [-0.15, -0.1) is 0 Å². The second-order valence-corrected chi connectivity index (χ2v) is 12.0. The van der Waals surface area contributed by atoms with Gasteiger partial charge in [-0.3, -0.25) is 9.98 Å². The monoisotopic (exact) mass is 414 g/mol. The fourth-order valence-corrected chi connectivity index (χ4v) is 7.21. The Labute approximate surface area is 187 Å². The van der Waals surface area contributed by atoms with Gasteiger partial charge < -0.3 is 0 Å². The minimum atomic E-state index is 0.487. The predicted molar refractivity (Wildman–Crippen MR) is 133 cm³/mol. The van der Waals surface area contributed by atoms with E-state index in [1.54, 1.807) is 0 Å². The molecule has 0 N–H and O–H groups in total. The molecule has 3 fully saturated rings. The van der Waals surface area contributed by atoms with Crippen molar-refractivity contribution in [2.24, 2.45) is 63.2 Å². The maximum atomic E-state index is 5.48. The molecule has 3 aliphatic carbocycles. The minimum Gasteiger partial charge on any atom is -0.287 e. The summed E-state index contributed by atoms with van der Waals surface area (Å²) >= 11 is 0. The van der Waals surface area contributed by atoms with Crippen molar-refractivity contribution in [2.75, 3.05) is 0 Å². The summed E-state index contributed by atoms with van der Waals surface area (Å²) in [4.78, 5) is 10.7. The van der Waals surface area contributed by atoms with Crippen LogP contribution in [0.3, 0.4) is 0 Å². The van der Waals surface area contributed by atoms with Gasteiger partial charge in [0.05, 0.1) is 17.8 Å². The van der Waals surface area contributed by atoms with Crippen LogP contribution in [-0.4, -0.2) is 24.0 Å². The highest BCUT2D eigenvalue weighted by Crippen LogP contribution is 2.47. The zero-order chi connectivity index (χ0) is 22.0. The number of rotatable bonds is 5. The first kappa shape index (κ1) is 24.0. The number of hydrogen-bond acceptors (Lipinski definition) is 2. The van der Waals surface area contributed by atoms with Crippen LogP contribution in [0.1, 0.15) is 100 Å². The van der Waals surface area contributed by atoms with E-state index in [0.29, 0.717) is 35.8 Å². The average molecular weight is 415 g/mol. The number of hydrogen-bond donors (Lipinski definition) is 0. The van der Waals surface area contributed by atoms with Crippen LogP contribution < -0.4 is 0 Å². The van der Waals surface area contributed by atoms with E-state index in [1.165, 1.54) is 44.2 Å². The second kappa shape index (κ2) is 10.3. The molecule has 8 unspecified atom stereocenters. The Kier molecular flexibility index (Phi) is 8.24. The molecule has 30 heavy (non-hydrogen) atoms. The lowest BCUT2D eigenvalue weighted by Crippen LogP contribution is -2.32. The number of nitrogens with zero attached hydrogens (tertiary/aromatic N) is 2. The van der Waals surface area contributed by atoms with Gasteiger partial charge in [-0.1, -0.05) is 68.2 Å². The zero-order valence-electron chi connectivity index (χ0n) is 21.3. The molecule has 0 heterocycles. The quantitative estimate of drug-likeness (QED) is 0.411. The van der Waals surface area contributed by atoms with Gasteiger partial charge in [0.2, 0.25) is 0 Å². The van der Waals surface area contributed by atoms with Gasteiger partial charge in [0, 0.05) is 6.21 Å². The molecule has 2 heteroatoms. The van der Waals surface area contributed by atoms with Crippen molar-refractivity contribution >= 4 is 11.9 Å². The maximum absolute atomic E-state index is 5.48. The molecule has 3 saturated carbocycles. The summed E-state index contributed by atoms with van der Waals surface area (Å²) in [7, 11) is 0. The van der Waals surface area contributed by atoms with E-state index in [-0.39, 0.29) is 0 Å². The zero-order valence-corrected chi connectivity index (χ0v) is 21.3. The summed E-state index contributed by atoms with van der Waals surface area (Å²) in [5.74, 6) is 6.77. The van der Waals surface area contributed by atoms with Gasteiger partial charge in [-0.2, -0.15) is 0 Å². The molecule has 2 nitrogen and oxygen atoms in total. The fourth-order valence-electron chi connectivity index (χ4n) is 7.21. The molecule has 0 aromatic heterocycles. The van der Waals surface area contributed by atoms with Crippen molar-refractivity contribution in [3.63, 3.8) is 0 Å². The molecule has 0 amide bonds. The maximum Gasteiger partial charge on any atom is 0.0554 e. The fraction of sp³-hybridized carbons (Fsp3) is 0.929. The summed E-state index contributed by atoms with van der Waals surface area (Å²) in [6, 6.07) is 0.977. The molecule has 3 rings (SSSR count). The normalized spacial score (nSPS) is 48.4. The van der Waals surface area contributed by atoms with Crippen LogP contribution in [0, 0.1) is 53.3 Å². The van der Waals surface area contributed by atoms with Crippen molar-refractivity contribution in [3.8, 4) is 0 Å². The Morgan fingerprint density at radius 2 is 1.07 bits per heavy atom. The van der Waals surface area contributed by atoms with E-state index >= 15 is 0 Å². The molecular weight excluding hydrogens is 364 g/mol. The van der Waals surface area contributed by atoms with E-state index in [2.05, 4.69) is 61.6 Å². The first-order valence-electron chi connectivity index (χ1n) is 13.3. The van der Waals surface area contributed by atoms with Crippen LogP contribution in [0.2, 0.25) is 0 Å². The molecule has 0 aromatic carbocycles. The molecule has 0 saturated heterocycles. The average Bonchev–Trinajstić information content (AvgIpc) is 2.88. The lowest BCUT2D eigenvalue weighted by atomic mass is 9.78. The number of aliphatic imine (C=N–C) groups is 2. The Balaban J connectivity index is 1.84. The standard InChI is InChI=1S/C28H50N2/c1-17-11-9-12-18(2)27(17)29-16-25(30-28-19(3)13-10-14-20(28)4)15-26-23(7)21(5)22(6)24(26)8/h16-24,26-28H,9-15H2,1-8H3/t17?,18?,19?,20?,21?,22?,23-,24?,26?,27?,28?/m0/s1. The summed E-state index contributed by atoms with van der Waals surface area (Å²) in [5.41, 5.74) is 1.32. The van der Waals surface area contributed by atoms with Crippen LogP contribution in [0.25, 0.3) is 0 Å². The minimum absolute atomic E-state index is 0.487. The first-order chi connectivity index (χ1) is 14.2. The Bertz CT molecular complexity index is 574. The summed E-state index contributed by atoms with van der Waals surface area (Å²) in [6.45, 7) is 19.6. The van der Waals surface area contributed by atoms with Crippen molar-refractivity contribution < 1.29 is 0 Å². The highest BCUT2D eigenvalue weighted by Gasteiger charge is 2.41. The lowest BCUT2D eigenvalue weighted by molar-refractivity contribution is 0.251. The van der Waals surface area contributed by atoms with Gasteiger partial charge in [0.1, 0.15) is 0 Å². The van der Waals surface area contributed by atoms with Gasteiger partial charge in [-0.25, -0.2) is 0 Å². The molecule has 0 aliphatic heterocycles. The summed E-state index contributed by atoms with van der Waals surface area (Å²) < 4.78 is 0. The van der Waals surface area contributed by atoms with Crippen LogP contribution in [0.15, 0.2) is 9.98 Å². The first-order valence-corrected chi connectivity index (χ1v) is 13.3. The smallest absolute Gasteiger partial charge is 0.0554 e. The Hall–Kier alpha value is -0.660. The third-order valence-electron chi connectivity index (χ3n) is 9.96. The van der Waals surface area contributed by atoms with E-state index < -0.39 is 0 Å².